The lowest BCUT2D eigenvalue weighted by atomic mass is 9.96. The van der Waals surface area contributed by atoms with Gasteiger partial charge < -0.3 is 19.9 Å². The Kier molecular flexibility index (Phi) is 6.92. The van der Waals surface area contributed by atoms with Gasteiger partial charge in [0.25, 0.3) is 0 Å². The number of piperidine rings is 1. The molecule has 9 heteroatoms. The van der Waals surface area contributed by atoms with E-state index in [1.807, 2.05) is 6.92 Å². The Morgan fingerprint density at radius 3 is 2.67 bits per heavy atom. The standard InChI is InChI=1S/C15H25N5O3S/c1-4-23-10-7-12-17-18-14(24-12)16-13(21)11-5-8-20(9-6-11)15(22)19(2)3/h11H,4-10H2,1-3H3,(H,16,18,21). The first-order chi connectivity index (χ1) is 11.5. The number of likely N-dealkylation sites (tertiary alicyclic amines) is 1. The molecule has 1 aliphatic heterocycles. The molecule has 0 saturated carbocycles. The van der Waals surface area contributed by atoms with Crippen LogP contribution in [0.1, 0.15) is 24.8 Å². The third kappa shape index (κ3) is 5.13. The lowest BCUT2D eigenvalue weighted by Crippen LogP contribution is -2.45. The monoisotopic (exact) mass is 355 g/mol. The van der Waals surface area contributed by atoms with Crippen molar-refractivity contribution < 1.29 is 14.3 Å². The van der Waals surface area contributed by atoms with E-state index in [2.05, 4.69) is 15.5 Å². The molecule has 134 valence electrons. The molecule has 0 aromatic carbocycles. The van der Waals surface area contributed by atoms with Gasteiger partial charge in [-0.15, -0.1) is 10.2 Å². The molecule has 0 radical (unpaired) electrons. The number of ether oxygens (including phenoxy) is 1. The molecule has 8 nitrogen and oxygen atoms in total. The maximum absolute atomic E-state index is 12.3. The highest BCUT2D eigenvalue weighted by molar-refractivity contribution is 7.15. The van der Waals surface area contributed by atoms with E-state index in [0.717, 1.165) is 5.01 Å². The molecule has 1 aromatic heterocycles. The third-order valence-electron chi connectivity index (χ3n) is 3.88. The van der Waals surface area contributed by atoms with Crippen molar-refractivity contribution in [3.8, 4) is 0 Å². The molecule has 1 N–H and O–H groups in total. The Bertz CT molecular complexity index is 555. The highest BCUT2D eigenvalue weighted by Crippen LogP contribution is 2.22. The van der Waals surface area contributed by atoms with Crippen molar-refractivity contribution in [2.75, 3.05) is 45.7 Å². The molecular weight excluding hydrogens is 330 g/mol. The molecular formula is C15H25N5O3S. The molecule has 0 aliphatic carbocycles. The van der Waals surface area contributed by atoms with Crippen molar-refractivity contribution in [1.82, 2.24) is 20.0 Å². The van der Waals surface area contributed by atoms with Gasteiger partial charge in [-0.05, 0) is 19.8 Å². The minimum atomic E-state index is -0.0908. The molecule has 1 aliphatic rings. The van der Waals surface area contributed by atoms with Gasteiger partial charge in [0.1, 0.15) is 5.01 Å². The first-order valence-electron chi connectivity index (χ1n) is 8.18. The quantitative estimate of drug-likeness (QED) is 0.781. The molecule has 3 amide bonds. The summed E-state index contributed by atoms with van der Waals surface area (Å²) in [6.07, 6.45) is 2.04. The number of hydrogen-bond acceptors (Lipinski definition) is 6. The maximum Gasteiger partial charge on any atom is 0.319 e. The van der Waals surface area contributed by atoms with Crippen LogP contribution in [-0.2, 0) is 16.0 Å². The average Bonchev–Trinajstić information content (AvgIpc) is 3.01. The molecule has 1 fully saturated rings. The van der Waals surface area contributed by atoms with Crippen molar-refractivity contribution in [3.05, 3.63) is 5.01 Å². The van der Waals surface area contributed by atoms with Crippen molar-refractivity contribution in [1.29, 1.82) is 0 Å². The molecule has 0 unspecified atom stereocenters. The van der Waals surface area contributed by atoms with E-state index in [-0.39, 0.29) is 17.9 Å². The minimum Gasteiger partial charge on any atom is -0.381 e. The van der Waals surface area contributed by atoms with Gasteiger partial charge in [0, 0.05) is 46.1 Å². The Labute approximate surface area is 146 Å². The fourth-order valence-corrected chi connectivity index (χ4v) is 3.26. The van der Waals surface area contributed by atoms with Crippen LogP contribution in [-0.4, -0.2) is 72.3 Å². The first kappa shape index (κ1) is 18.6. The minimum absolute atomic E-state index is 0.00285. The number of nitrogens with zero attached hydrogens (tertiary/aromatic N) is 4. The van der Waals surface area contributed by atoms with Crippen LogP contribution in [0.2, 0.25) is 0 Å². The number of nitrogens with one attached hydrogen (secondary N) is 1. The van der Waals surface area contributed by atoms with Crippen molar-refractivity contribution >= 4 is 28.4 Å². The summed E-state index contributed by atoms with van der Waals surface area (Å²) in [7, 11) is 3.47. The predicted octanol–water partition coefficient (Wildman–Crippen LogP) is 1.45. The molecule has 24 heavy (non-hydrogen) atoms. The van der Waals surface area contributed by atoms with Gasteiger partial charge in [-0.2, -0.15) is 0 Å². The van der Waals surface area contributed by atoms with Crippen LogP contribution in [0.25, 0.3) is 0 Å². The van der Waals surface area contributed by atoms with Gasteiger partial charge in [-0.25, -0.2) is 4.79 Å². The summed E-state index contributed by atoms with van der Waals surface area (Å²) in [6.45, 7) is 4.44. The van der Waals surface area contributed by atoms with E-state index in [1.165, 1.54) is 11.3 Å². The fourth-order valence-electron chi connectivity index (χ4n) is 2.53. The third-order valence-corrected chi connectivity index (χ3v) is 4.78. The average molecular weight is 355 g/mol. The lowest BCUT2D eigenvalue weighted by Gasteiger charge is -2.32. The summed E-state index contributed by atoms with van der Waals surface area (Å²) in [4.78, 5) is 27.6. The fraction of sp³-hybridized carbons (Fsp3) is 0.733. The van der Waals surface area contributed by atoms with Crippen LogP contribution < -0.4 is 5.32 Å². The predicted molar refractivity (Wildman–Crippen MR) is 92.1 cm³/mol. The van der Waals surface area contributed by atoms with E-state index in [0.29, 0.717) is 50.7 Å². The number of anilines is 1. The Morgan fingerprint density at radius 1 is 1.33 bits per heavy atom. The van der Waals surface area contributed by atoms with Gasteiger partial charge >= 0.3 is 6.03 Å². The molecule has 0 bridgehead atoms. The molecule has 2 heterocycles. The SMILES string of the molecule is CCOCCc1nnc(NC(=O)C2CCN(C(=O)N(C)C)CC2)s1. The van der Waals surface area contributed by atoms with Crippen LogP contribution in [0, 0.1) is 5.92 Å². The second-order valence-electron chi connectivity index (χ2n) is 5.88. The van der Waals surface area contributed by atoms with Crippen LogP contribution in [0.15, 0.2) is 0 Å². The summed E-state index contributed by atoms with van der Waals surface area (Å²) in [5.74, 6) is -0.133. The Hall–Kier alpha value is -1.74. The molecule has 1 aromatic rings. The zero-order valence-electron chi connectivity index (χ0n) is 14.4. The summed E-state index contributed by atoms with van der Waals surface area (Å²) in [5, 5.41) is 12.3. The van der Waals surface area contributed by atoms with Gasteiger partial charge in [-0.3, -0.25) is 4.79 Å². The normalized spacial score (nSPS) is 15.4. The topological polar surface area (TPSA) is 87.7 Å². The van der Waals surface area contributed by atoms with E-state index in [4.69, 9.17) is 4.74 Å². The highest BCUT2D eigenvalue weighted by atomic mass is 32.1. The van der Waals surface area contributed by atoms with Crippen LogP contribution in [0.5, 0.6) is 0 Å². The number of hydrogen-bond donors (Lipinski definition) is 1. The summed E-state index contributed by atoms with van der Waals surface area (Å²) < 4.78 is 5.28. The number of rotatable bonds is 6. The Balaban J connectivity index is 1.78. The van der Waals surface area contributed by atoms with Crippen LogP contribution in [0.3, 0.4) is 0 Å². The molecule has 0 spiro atoms. The summed E-state index contributed by atoms with van der Waals surface area (Å²) in [5.41, 5.74) is 0. The number of urea groups is 1. The largest absolute Gasteiger partial charge is 0.381 e. The zero-order valence-corrected chi connectivity index (χ0v) is 15.3. The molecule has 0 atom stereocenters. The number of amides is 3. The highest BCUT2D eigenvalue weighted by Gasteiger charge is 2.28. The van der Waals surface area contributed by atoms with Gasteiger partial charge in [0.15, 0.2) is 0 Å². The van der Waals surface area contributed by atoms with Crippen molar-refractivity contribution in [2.45, 2.75) is 26.2 Å². The zero-order chi connectivity index (χ0) is 17.5. The summed E-state index contributed by atoms with van der Waals surface area (Å²) in [6, 6.07) is -0.00285. The number of carbonyl (C=O) groups is 2. The van der Waals surface area contributed by atoms with Crippen LogP contribution in [0.4, 0.5) is 9.93 Å². The van der Waals surface area contributed by atoms with Crippen molar-refractivity contribution in [3.63, 3.8) is 0 Å². The van der Waals surface area contributed by atoms with Gasteiger partial charge in [0.05, 0.1) is 6.61 Å². The van der Waals surface area contributed by atoms with E-state index in [9.17, 15) is 9.59 Å². The summed E-state index contributed by atoms with van der Waals surface area (Å²) >= 11 is 1.38. The van der Waals surface area contributed by atoms with Gasteiger partial charge in [-0.1, -0.05) is 11.3 Å². The van der Waals surface area contributed by atoms with E-state index in [1.54, 1.807) is 23.9 Å². The van der Waals surface area contributed by atoms with Crippen LogP contribution >= 0.6 is 11.3 Å². The smallest absolute Gasteiger partial charge is 0.319 e. The maximum atomic E-state index is 12.3. The number of aromatic nitrogens is 2. The Morgan fingerprint density at radius 2 is 2.04 bits per heavy atom. The number of carbonyl (C=O) groups excluding carboxylic acids is 2. The van der Waals surface area contributed by atoms with Gasteiger partial charge in [0.2, 0.25) is 11.0 Å². The first-order valence-corrected chi connectivity index (χ1v) is 9.00. The lowest BCUT2D eigenvalue weighted by molar-refractivity contribution is -0.121. The molecule has 1 saturated heterocycles. The van der Waals surface area contributed by atoms with E-state index >= 15 is 0 Å². The second kappa shape index (κ2) is 8.93. The van der Waals surface area contributed by atoms with E-state index < -0.39 is 0 Å². The second-order valence-corrected chi connectivity index (χ2v) is 6.94. The van der Waals surface area contributed by atoms with Crippen molar-refractivity contribution in [2.24, 2.45) is 5.92 Å². The molecule has 2 rings (SSSR count).